The standard InChI is InChI=1S/C11H10N3/c1-2-4-10(5-3-1)14-8-12-11(13-14)9-6-7-9/h1-4,8-9H,6-7H2. The van der Waals surface area contributed by atoms with E-state index in [1.165, 1.54) is 12.8 Å². The number of benzene rings is 1. The fourth-order valence-corrected chi connectivity index (χ4v) is 1.45. The third kappa shape index (κ3) is 1.31. The molecule has 3 nitrogen and oxygen atoms in total. The molecule has 1 aliphatic carbocycles. The highest BCUT2D eigenvalue weighted by Gasteiger charge is 2.27. The maximum Gasteiger partial charge on any atom is 0.154 e. The van der Waals surface area contributed by atoms with Crippen LogP contribution in [-0.2, 0) is 0 Å². The Bertz CT molecular complexity index is 429. The minimum absolute atomic E-state index is 0.611. The van der Waals surface area contributed by atoms with Crippen LogP contribution in [-0.4, -0.2) is 14.8 Å². The lowest BCUT2D eigenvalue weighted by Crippen LogP contribution is -1.95. The van der Waals surface area contributed by atoms with E-state index in [4.69, 9.17) is 0 Å². The SMILES string of the molecule is [c]1ccccc1-n1cnc(C2CC2)n1. The third-order valence-corrected chi connectivity index (χ3v) is 2.39. The summed E-state index contributed by atoms with van der Waals surface area (Å²) in [6, 6.07) is 10.9. The zero-order valence-electron chi connectivity index (χ0n) is 7.72. The Balaban J connectivity index is 1.96. The summed E-state index contributed by atoms with van der Waals surface area (Å²) >= 11 is 0. The number of hydrogen-bond donors (Lipinski definition) is 0. The lowest BCUT2D eigenvalue weighted by Gasteiger charge is -1.96. The second-order valence-electron chi connectivity index (χ2n) is 3.57. The predicted octanol–water partition coefficient (Wildman–Crippen LogP) is 1.94. The largest absolute Gasteiger partial charge is 0.220 e. The maximum atomic E-state index is 4.42. The highest BCUT2D eigenvalue weighted by molar-refractivity contribution is 5.28. The van der Waals surface area contributed by atoms with Crippen LogP contribution < -0.4 is 0 Å². The number of hydrogen-bond acceptors (Lipinski definition) is 2. The first-order valence-corrected chi connectivity index (χ1v) is 4.82. The van der Waals surface area contributed by atoms with E-state index < -0.39 is 0 Å². The van der Waals surface area contributed by atoms with Crippen molar-refractivity contribution in [2.45, 2.75) is 18.8 Å². The molecule has 0 bridgehead atoms. The summed E-state index contributed by atoms with van der Waals surface area (Å²) in [7, 11) is 0. The average Bonchev–Trinajstić information content (AvgIpc) is 2.98. The van der Waals surface area contributed by atoms with Gasteiger partial charge in [0, 0.05) is 12.0 Å². The van der Waals surface area contributed by atoms with Gasteiger partial charge >= 0.3 is 0 Å². The van der Waals surface area contributed by atoms with E-state index in [0.29, 0.717) is 5.92 Å². The molecule has 0 N–H and O–H groups in total. The van der Waals surface area contributed by atoms with E-state index in [2.05, 4.69) is 16.1 Å². The Kier molecular flexibility index (Phi) is 1.63. The third-order valence-electron chi connectivity index (χ3n) is 2.39. The molecule has 0 aliphatic heterocycles. The van der Waals surface area contributed by atoms with Crippen molar-refractivity contribution in [3.05, 3.63) is 42.5 Å². The van der Waals surface area contributed by atoms with Crippen molar-refractivity contribution in [2.75, 3.05) is 0 Å². The van der Waals surface area contributed by atoms with Crippen molar-refractivity contribution in [3.8, 4) is 5.69 Å². The fourth-order valence-electron chi connectivity index (χ4n) is 1.45. The van der Waals surface area contributed by atoms with Crippen molar-refractivity contribution in [1.82, 2.24) is 14.8 Å². The molecule has 0 spiro atoms. The minimum Gasteiger partial charge on any atom is -0.220 e. The van der Waals surface area contributed by atoms with Gasteiger partial charge in [0.25, 0.3) is 0 Å². The summed E-state index contributed by atoms with van der Waals surface area (Å²) in [6.07, 6.45) is 4.24. The van der Waals surface area contributed by atoms with Gasteiger partial charge in [0.2, 0.25) is 0 Å². The Morgan fingerprint density at radius 2 is 2.29 bits per heavy atom. The summed E-state index contributed by atoms with van der Waals surface area (Å²) < 4.78 is 1.79. The molecule has 1 radical (unpaired) electrons. The van der Waals surface area contributed by atoms with Crippen molar-refractivity contribution in [1.29, 1.82) is 0 Å². The average molecular weight is 184 g/mol. The molecule has 3 heteroatoms. The van der Waals surface area contributed by atoms with Crippen LogP contribution in [0.25, 0.3) is 5.69 Å². The predicted molar refractivity (Wildman–Crippen MR) is 52.2 cm³/mol. The van der Waals surface area contributed by atoms with E-state index in [0.717, 1.165) is 11.5 Å². The van der Waals surface area contributed by atoms with Crippen LogP contribution in [0, 0.1) is 6.07 Å². The van der Waals surface area contributed by atoms with Gasteiger partial charge in [0.1, 0.15) is 6.33 Å². The number of para-hydroxylation sites is 1. The molecule has 1 aromatic heterocycles. The monoisotopic (exact) mass is 184 g/mol. The Labute approximate surface area is 82.4 Å². The first-order valence-electron chi connectivity index (χ1n) is 4.82. The number of rotatable bonds is 2. The number of nitrogens with zero attached hydrogens (tertiary/aromatic N) is 3. The van der Waals surface area contributed by atoms with Crippen LogP contribution in [0.3, 0.4) is 0 Å². The van der Waals surface area contributed by atoms with E-state index >= 15 is 0 Å². The quantitative estimate of drug-likeness (QED) is 0.714. The van der Waals surface area contributed by atoms with Crippen LogP contribution in [0.1, 0.15) is 24.6 Å². The zero-order valence-corrected chi connectivity index (χ0v) is 7.72. The van der Waals surface area contributed by atoms with Gasteiger partial charge in [-0.25, -0.2) is 9.67 Å². The van der Waals surface area contributed by atoms with Gasteiger partial charge in [-0.2, -0.15) is 5.10 Å². The summed E-state index contributed by atoms with van der Waals surface area (Å²) in [5.74, 6) is 1.59. The molecule has 14 heavy (non-hydrogen) atoms. The molecule has 3 rings (SSSR count). The maximum absolute atomic E-state index is 4.42. The first kappa shape index (κ1) is 7.74. The molecule has 2 aromatic rings. The van der Waals surface area contributed by atoms with Gasteiger partial charge in [-0.15, -0.1) is 0 Å². The summed E-state index contributed by atoms with van der Waals surface area (Å²) in [5.41, 5.74) is 0.951. The van der Waals surface area contributed by atoms with Gasteiger partial charge < -0.3 is 0 Å². The molecule has 0 amide bonds. The molecule has 1 heterocycles. The van der Waals surface area contributed by atoms with Gasteiger partial charge in [0.05, 0.1) is 5.69 Å². The molecule has 0 saturated heterocycles. The fraction of sp³-hybridized carbons (Fsp3) is 0.273. The molecular formula is C11H10N3. The summed E-state index contributed by atoms with van der Waals surface area (Å²) in [5, 5.41) is 4.42. The zero-order chi connectivity index (χ0) is 9.38. The van der Waals surface area contributed by atoms with Crippen LogP contribution in [0.5, 0.6) is 0 Å². The summed E-state index contributed by atoms with van der Waals surface area (Å²) in [4.78, 5) is 4.29. The molecule has 69 valence electrons. The topological polar surface area (TPSA) is 30.7 Å². The van der Waals surface area contributed by atoms with E-state index in [9.17, 15) is 0 Å². The molecule has 1 fully saturated rings. The highest BCUT2D eigenvalue weighted by Crippen LogP contribution is 2.37. The summed E-state index contributed by atoms with van der Waals surface area (Å²) in [6.45, 7) is 0. The van der Waals surface area contributed by atoms with E-state index in [1.54, 1.807) is 11.0 Å². The van der Waals surface area contributed by atoms with Crippen LogP contribution in [0.2, 0.25) is 0 Å². The van der Waals surface area contributed by atoms with Gasteiger partial charge in [-0.05, 0) is 18.9 Å². The molecule has 1 saturated carbocycles. The second-order valence-corrected chi connectivity index (χ2v) is 3.57. The normalized spacial score (nSPS) is 15.7. The Hall–Kier alpha value is -1.64. The molecular weight excluding hydrogens is 174 g/mol. The lowest BCUT2D eigenvalue weighted by molar-refractivity contribution is 0.834. The molecule has 1 aliphatic rings. The van der Waals surface area contributed by atoms with Crippen molar-refractivity contribution < 1.29 is 0 Å². The van der Waals surface area contributed by atoms with Gasteiger partial charge in [0.15, 0.2) is 5.82 Å². The first-order chi connectivity index (χ1) is 6.93. The van der Waals surface area contributed by atoms with E-state index in [1.807, 2.05) is 24.3 Å². The van der Waals surface area contributed by atoms with E-state index in [-0.39, 0.29) is 0 Å². The van der Waals surface area contributed by atoms with Crippen LogP contribution >= 0.6 is 0 Å². The van der Waals surface area contributed by atoms with Crippen molar-refractivity contribution in [2.24, 2.45) is 0 Å². The Morgan fingerprint density at radius 1 is 1.36 bits per heavy atom. The van der Waals surface area contributed by atoms with Gasteiger partial charge in [-0.3, -0.25) is 0 Å². The smallest absolute Gasteiger partial charge is 0.154 e. The highest BCUT2D eigenvalue weighted by atomic mass is 15.3. The van der Waals surface area contributed by atoms with Crippen LogP contribution in [0.15, 0.2) is 30.6 Å². The van der Waals surface area contributed by atoms with Crippen LogP contribution in [0.4, 0.5) is 0 Å². The number of aromatic nitrogens is 3. The minimum atomic E-state index is 0.611. The second kappa shape index (κ2) is 2.94. The Morgan fingerprint density at radius 3 is 3.00 bits per heavy atom. The van der Waals surface area contributed by atoms with Crippen molar-refractivity contribution >= 4 is 0 Å². The van der Waals surface area contributed by atoms with Crippen molar-refractivity contribution in [3.63, 3.8) is 0 Å². The van der Waals surface area contributed by atoms with Gasteiger partial charge in [-0.1, -0.05) is 18.2 Å². The molecule has 0 atom stereocenters. The molecule has 1 aromatic carbocycles. The lowest BCUT2D eigenvalue weighted by atomic mass is 10.3. The molecule has 0 unspecified atom stereocenters.